The number of carbonyl (C=O) groups excluding carboxylic acids is 2. The molecule has 0 fully saturated rings. The standard InChI is InChI=1S/C15H11Br2NO2S/c16-12-7-10(15(17)21-12)14(20)9-4-5-11-8(6-9)2-1-3-13(19)18-11/h4-7H,1-3H2,(H,18,19). The molecule has 0 atom stereocenters. The predicted molar refractivity (Wildman–Crippen MR) is 91.2 cm³/mol. The van der Waals surface area contributed by atoms with E-state index in [9.17, 15) is 9.59 Å². The van der Waals surface area contributed by atoms with Crippen LogP contribution >= 0.6 is 43.2 Å². The second-order valence-electron chi connectivity index (χ2n) is 4.84. The highest BCUT2D eigenvalue weighted by atomic mass is 79.9. The van der Waals surface area contributed by atoms with Gasteiger partial charge in [-0.2, -0.15) is 0 Å². The van der Waals surface area contributed by atoms with E-state index in [1.807, 2.05) is 18.2 Å². The molecule has 1 amide bonds. The smallest absolute Gasteiger partial charge is 0.224 e. The quantitative estimate of drug-likeness (QED) is 0.699. The average Bonchev–Trinajstić information content (AvgIpc) is 2.67. The normalized spacial score (nSPS) is 14.3. The number of thiophene rings is 1. The van der Waals surface area contributed by atoms with Gasteiger partial charge < -0.3 is 5.32 Å². The van der Waals surface area contributed by atoms with Crippen LogP contribution in [0.5, 0.6) is 0 Å². The number of rotatable bonds is 2. The molecule has 0 aliphatic carbocycles. The lowest BCUT2D eigenvalue weighted by molar-refractivity contribution is -0.116. The third-order valence-corrected chi connectivity index (χ3v) is 5.73. The van der Waals surface area contributed by atoms with Crippen LogP contribution in [0.2, 0.25) is 0 Å². The molecule has 108 valence electrons. The molecule has 2 heterocycles. The molecular weight excluding hydrogens is 418 g/mol. The topological polar surface area (TPSA) is 46.2 Å². The van der Waals surface area contributed by atoms with Gasteiger partial charge in [0.15, 0.2) is 5.78 Å². The van der Waals surface area contributed by atoms with Crippen molar-refractivity contribution in [3.8, 4) is 0 Å². The highest BCUT2D eigenvalue weighted by Gasteiger charge is 2.18. The van der Waals surface area contributed by atoms with Crippen molar-refractivity contribution in [1.82, 2.24) is 0 Å². The maximum Gasteiger partial charge on any atom is 0.224 e. The fourth-order valence-electron chi connectivity index (χ4n) is 2.37. The predicted octanol–water partition coefficient (Wildman–Crippen LogP) is 4.78. The number of halogens is 2. The number of hydrogen-bond donors (Lipinski definition) is 1. The zero-order valence-electron chi connectivity index (χ0n) is 10.9. The minimum atomic E-state index is -0.0119. The minimum Gasteiger partial charge on any atom is -0.326 e. The number of fused-ring (bicyclic) bond motifs is 1. The van der Waals surface area contributed by atoms with Gasteiger partial charge in [0, 0.05) is 23.2 Å². The van der Waals surface area contributed by atoms with Gasteiger partial charge in [0.25, 0.3) is 0 Å². The SMILES string of the molecule is O=C1CCCc2cc(C(=O)c3cc(Br)sc3Br)ccc2N1. The number of benzene rings is 1. The summed E-state index contributed by atoms with van der Waals surface area (Å²) in [4.78, 5) is 24.1. The molecule has 0 saturated heterocycles. The second-order valence-corrected chi connectivity index (χ2v) is 8.59. The van der Waals surface area contributed by atoms with Crippen molar-refractivity contribution in [1.29, 1.82) is 0 Å². The van der Waals surface area contributed by atoms with Crippen LogP contribution < -0.4 is 5.32 Å². The molecule has 0 radical (unpaired) electrons. The highest BCUT2D eigenvalue weighted by molar-refractivity contribution is 9.12. The lowest BCUT2D eigenvalue weighted by Gasteiger charge is -2.08. The Morgan fingerprint density at radius 3 is 2.71 bits per heavy atom. The molecule has 21 heavy (non-hydrogen) atoms. The molecule has 0 unspecified atom stereocenters. The fraction of sp³-hybridized carbons (Fsp3) is 0.200. The lowest BCUT2D eigenvalue weighted by Crippen LogP contribution is -2.09. The van der Waals surface area contributed by atoms with Crippen LogP contribution in [-0.2, 0) is 11.2 Å². The number of hydrogen-bond acceptors (Lipinski definition) is 3. The van der Waals surface area contributed by atoms with Crippen molar-refractivity contribution in [2.24, 2.45) is 0 Å². The Labute approximate surface area is 143 Å². The van der Waals surface area contributed by atoms with Gasteiger partial charge in [0.05, 0.1) is 7.57 Å². The molecule has 3 nitrogen and oxygen atoms in total. The minimum absolute atomic E-state index is 0.0119. The first-order chi connectivity index (χ1) is 10.0. The summed E-state index contributed by atoms with van der Waals surface area (Å²) in [6.45, 7) is 0. The summed E-state index contributed by atoms with van der Waals surface area (Å²) < 4.78 is 1.74. The first-order valence-electron chi connectivity index (χ1n) is 6.47. The van der Waals surface area contributed by atoms with Gasteiger partial charge in [-0.15, -0.1) is 11.3 Å². The van der Waals surface area contributed by atoms with E-state index in [4.69, 9.17) is 0 Å². The van der Waals surface area contributed by atoms with Crippen LogP contribution in [0.3, 0.4) is 0 Å². The lowest BCUT2D eigenvalue weighted by atomic mass is 10.00. The van der Waals surface area contributed by atoms with E-state index in [0.29, 0.717) is 17.5 Å². The van der Waals surface area contributed by atoms with Crippen molar-refractivity contribution >= 4 is 60.6 Å². The average molecular weight is 429 g/mol. The zero-order valence-corrected chi connectivity index (χ0v) is 14.9. The summed E-state index contributed by atoms with van der Waals surface area (Å²) in [5.41, 5.74) is 3.15. The van der Waals surface area contributed by atoms with Crippen LogP contribution in [0.25, 0.3) is 0 Å². The van der Waals surface area contributed by atoms with Gasteiger partial charge in [-0.25, -0.2) is 0 Å². The molecule has 1 aromatic heterocycles. The Bertz CT molecular complexity index is 739. The van der Waals surface area contributed by atoms with Gasteiger partial charge >= 0.3 is 0 Å². The van der Waals surface area contributed by atoms with Gasteiger partial charge in [0.1, 0.15) is 0 Å². The molecule has 0 spiro atoms. The Hall–Kier alpha value is -0.980. The molecule has 1 aromatic carbocycles. The van der Waals surface area contributed by atoms with Crippen molar-refractivity contribution < 1.29 is 9.59 Å². The van der Waals surface area contributed by atoms with E-state index in [0.717, 1.165) is 31.7 Å². The summed E-state index contributed by atoms with van der Waals surface area (Å²) in [5, 5.41) is 2.88. The molecule has 3 rings (SSSR count). The van der Waals surface area contributed by atoms with Crippen LogP contribution in [0.4, 0.5) is 5.69 Å². The Morgan fingerprint density at radius 2 is 2.00 bits per heavy atom. The van der Waals surface area contributed by atoms with E-state index in [1.165, 1.54) is 11.3 Å². The Morgan fingerprint density at radius 1 is 1.19 bits per heavy atom. The van der Waals surface area contributed by atoms with Crippen molar-refractivity contribution in [2.45, 2.75) is 19.3 Å². The van der Waals surface area contributed by atoms with Gasteiger partial charge in [-0.05, 0) is 74.5 Å². The van der Waals surface area contributed by atoms with Crippen LogP contribution in [-0.4, -0.2) is 11.7 Å². The van der Waals surface area contributed by atoms with E-state index < -0.39 is 0 Å². The molecule has 0 saturated carbocycles. The molecule has 1 N–H and O–H groups in total. The Balaban J connectivity index is 1.97. The molecular formula is C15H11Br2NO2S. The fourth-order valence-corrected chi connectivity index (χ4v) is 5.16. The van der Waals surface area contributed by atoms with Crippen molar-refractivity contribution in [3.05, 3.63) is 48.5 Å². The Kier molecular flexibility index (Phi) is 4.28. The van der Waals surface area contributed by atoms with Crippen LogP contribution in [0, 0.1) is 0 Å². The van der Waals surface area contributed by atoms with E-state index in [-0.39, 0.29) is 11.7 Å². The van der Waals surface area contributed by atoms with E-state index >= 15 is 0 Å². The van der Waals surface area contributed by atoms with Crippen molar-refractivity contribution in [3.63, 3.8) is 0 Å². The summed E-state index contributed by atoms with van der Waals surface area (Å²) >= 11 is 8.29. The van der Waals surface area contributed by atoms with E-state index in [1.54, 1.807) is 6.07 Å². The molecule has 2 aromatic rings. The zero-order chi connectivity index (χ0) is 15.0. The highest BCUT2D eigenvalue weighted by Crippen LogP contribution is 2.34. The largest absolute Gasteiger partial charge is 0.326 e. The first kappa shape index (κ1) is 14.9. The summed E-state index contributed by atoms with van der Waals surface area (Å²) in [6, 6.07) is 7.30. The second kappa shape index (κ2) is 6.02. The van der Waals surface area contributed by atoms with Gasteiger partial charge in [-0.1, -0.05) is 0 Å². The number of anilines is 1. The number of amides is 1. The maximum atomic E-state index is 12.6. The third-order valence-electron chi connectivity index (χ3n) is 3.39. The number of nitrogens with one attached hydrogen (secondary N) is 1. The van der Waals surface area contributed by atoms with Gasteiger partial charge in [-0.3, -0.25) is 9.59 Å². The number of ketones is 1. The summed E-state index contributed by atoms with van der Waals surface area (Å²) in [7, 11) is 0. The first-order valence-corrected chi connectivity index (χ1v) is 8.87. The van der Waals surface area contributed by atoms with Gasteiger partial charge in [0.2, 0.25) is 5.91 Å². The monoisotopic (exact) mass is 427 g/mol. The number of carbonyl (C=O) groups is 2. The molecule has 6 heteroatoms. The number of aryl methyl sites for hydroxylation is 1. The van der Waals surface area contributed by atoms with Crippen LogP contribution in [0.15, 0.2) is 31.8 Å². The molecule has 0 bridgehead atoms. The molecule has 1 aliphatic rings. The maximum absolute atomic E-state index is 12.6. The summed E-state index contributed by atoms with van der Waals surface area (Å²) in [5.74, 6) is 0.0273. The summed E-state index contributed by atoms with van der Waals surface area (Å²) in [6.07, 6.45) is 2.15. The molecule has 1 aliphatic heterocycles. The van der Waals surface area contributed by atoms with Crippen molar-refractivity contribution in [2.75, 3.05) is 5.32 Å². The van der Waals surface area contributed by atoms with Crippen LogP contribution in [0.1, 0.15) is 34.3 Å². The van der Waals surface area contributed by atoms with E-state index in [2.05, 4.69) is 37.2 Å². The third kappa shape index (κ3) is 3.12.